The summed E-state index contributed by atoms with van der Waals surface area (Å²) in [7, 11) is 0. The molecule has 0 bridgehead atoms. The summed E-state index contributed by atoms with van der Waals surface area (Å²) < 4.78 is 8.07. The molecule has 0 amide bonds. The Morgan fingerprint density at radius 2 is 1.76 bits per heavy atom. The maximum Gasteiger partial charge on any atom is 0.146 e. The Morgan fingerprint density at radius 1 is 1.06 bits per heavy atom. The first kappa shape index (κ1) is 21.0. The largest absolute Gasteiger partial charge is 0.457 e. The van der Waals surface area contributed by atoms with Crippen LogP contribution in [0.15, 0.2) is 67.1 Å². The molecule has 2 heterocycles. The molecule has 3 N–H and O–H groups in total. The molecule has 1 aliphatic rings. The molecule has 7 nitrogen and oxygen atoms in total. The minimum absolute atomic E-state index is 0.171. The number of para-hydroxylation sites is 1. The Labute approximate surface area is 192 Å². The van der Waals surface area contributed by atoms with Gasteiger partial charge in [-0.15, -0.1) is 0 Å². The Morgan fingerprint density at radius 3 is 2.45 bits per heavy atom. The lowest BCUT2D eigenvalue weighted by atomic mass is 9.80. The average molecular weight is 440 g/mol. The molecule has 0 unspecified atom stereocenters. The van der Waals surface area contributed by atoms with Gasteiger partial charge in [-0.2, -0.15) is 5.26 Å². The molecule has 2 aromatic heterocycles. The highest BCUT2D eigenvalue weighted by molar-refractivity contribution is 6.00. The van der Waals surface area contributed by atoms with Crippen LogP contribution in [-0.2, 0) is 0 Å². The van der Waals surface area contributed by atoms with Gasteiger partial charge >= 0.3 is 0 Å². The summed E-state index contributed by atoms with van der Waals surface area (Å²) in [6.45, 7) is 0. The van der Waals surface area contributed by atoms with E-state index in [9.17, 15) is 5.11 Å². The van der Waals surface area contributed by atoms with Crippen LogP contribution < -0.4 is 10.5 Å². The quantitative estimate of drug-likeness (QED) is 0.440. The van der Waals surface area contributed by atoms with E-state index in [1.807, 2.05) is 54.6 Å². The van der Waals surface area contributed by atoms with Crippen LogP contribution in [0.3, 0.4) is 0 Å². The van der Waals surface area contributed by atoms with Crippen molar-refractivity contribution in [2.45, 2.75) is 43.7 Å². The summed E-state index contributed by atoms with van der Waals surface area (Å²) in [4.78, 5) is 8.77. The first-order valence-electron chi connectivity index (χ1n) is 11.1. The number of aromatic nitrogens is 3. The van der Waals surface area contributed by atoms with Crippen LogP contribution in [0.4, 0.5) is 5.82 Å². The van der Waals surface area contributed by atoms with Gasteiger partial charge in [-0.05, 0) is 55.5 Å². The lowest BCUT2D eigenvalue weighted by Gasteiger charge is -2.35. The summed E-state index contributed by atoms with van der Waals surface area (Å²) in [6, 6.07) is 19.9. The van der Waals surface area contributed by atoms with Gasteiger partial charge in [0.1, 0.15) is 29.3 Å². The van der Waals surface area contributed by atoms with Crippen molar-refractivity contribution in [2.75, 3.05) is 5.73 Å². The van der Waals surface area contributed by atoms with Crippen molar-refractivity contribution in [3.63, 3.8) is 0 Å². The van der Waals surface area contributed by atoms with Crippen LogP contribution in [0.5, 0.6) is 11.5 Å². The van der Waals surface area contributed by atoms with Crippen molar-refractivity contribution in [3.05, 3.63) is 67.1 Å². The molecule has 0 saturated heterocycles. The van der Waals surface area contributed by atoms with Crippen molar-refractivity contribution in [1.82, 2.24) is 14.5 Å². The number of nitrogen functional groups attached to an aromatic ring is 1. The number of anilines is 1. The van der Waals surface area contributed by atoms with Crippen LogP contribution in [0.25, 0.3) is 22.2 Å². The molecule has 0 radical (unpaired) electrons. The summed E-state index contributed by atoms with van der Waals surface area (Å²) in [5, 5.41) is 20.5. The first-order valence-corrected chi connectivity index (χ1v) is 11.1. The molecule has 1 fully saturated rings. The van der Waals surface area contributed by atoms with Crippen LogP contribution in [0.2, 0.25) is 0 Å². The molecule has 1 aliphatic carbocycles. The predicted octanol–water partition coefficient (Wildman–Crippen LogP) is 5.23. The van der Waals surface area contributed by atoms with E-state index in [1.165, 1.54) is 6.33 Å². The second-order valence-corrected chi connectivity index (χ2v) is 8.64. The standard InChI is InChI=1S/C26H25N5O2/c27-15-14-26(32)12-10-19(11-13-26)31-16-22(23-24(28)29-17-30-25(23)31)18-6-8-21(9-7-18)33-20-4-2-1-3-5-20/h1-9,16-17,19,32H,10-14H2,(H2,28,29,30)/t19-,26+. The normalized spacial score (nSPS) is 20.4. The van der Waals surface area contributed by atoms with Crippen molar-refractivity contribution in [3.8, 4) is 28.7 Å². The van der Waals surface area contributed by atoms with Gasteiger partial charge < -0.3 is 20.1 Å². The summed E-state index contributed by atoms with van der Waals surface area (Å²) >= 11 is 0. The van der Waals surface area contributed by atoms with Gasteiger partial charge in [0.2, 0.25) is 0 Å². The van der Waals surface area contributed by atoms with Gasteiger partial charge in [-0.1, -0.05) is 30.3 Å². The van der Waals surface area contributed by atoms with Crippen molar-refractivity contribution in [1.29, 1.82) is 5.26 Å². The highest BCUT2D eigenvalue weighted by Crippen LogP contribution is 2.41. The highest BCUT2D eigenvalue weighted by atomic mass is 16.5. The zero-order valence-corrected chi connectivity index (χ0v) is 18.2. The fourth-order valence-corrected chi connectivity index (χ4v) is 4.67. The SMILES string of the molecule is N#CC[C@]1(O)CC[C@@H](n2cc(-c3ccc(Oc4ccccc4)cc3)c3c(N)ncnc32)CC1. The van der Waals surface area contributed by atoms with Gasteiger partial charge in [0.25, 0.3) is 0 Å². The number of fused-ring (bicyclic) bond motifs is 1. The van der Waals surface area contributed by atoms with E-state index in [2.05, 4.69) is 26.8 Å². The number of nitrogens with two attached hydrogens (primary N) is 1. The Kier molecular flexibility index (Phi) is 5.45. The predicted molar refractivity (Wildman–Crippen MR) is 127 cm³/mol. The lowest BCUT2D eigenvalue weighted by Crippen LogP contribution is -2.34. The smallest absolute Gasteiger partial charge is 0.146 e. The summed E-state index contributed by atoms with van der Waals surface area (Å²) in [6.07, 6.45) is 6.47. The zero-order chi connectivity index (χ0) is 22.8. The van der Waals surface area contributed by atoms with Crippen LogP contribution in [-0.4, -0.2) is 25.2 Å². The number of nitrogens with zero attached hydrogens (tertiary/aromatic N) is 4. The molecule has 0 atom stereocenters. The molecule has 166 valence electrons. The van der Waals surface area contributed by atoms with E-state index in [-0.39, 0.29) is 12.5 Å². The molecule has 33 heavy (non-hydrogen) atoms. The highest BCUT2D eigenvalue weighted by Gasteiger charge is 2.34. The number of nitriles is 1. The number of hydrogen-bond acceptors (Lipinski definition) is 6. The van der Waals surface area contributed by atoms with E-state index < -0.39 is 5.60 Å². The maximum atomic E-state index is 10.6. The van der Waals surface area contributed by atoms with Gasteiger partial charge in [0, 0.05) is 17.8 Å². The fourth-order valence-electron chi connectivity index (χ4n) is 4.67. The van der Waals surface area contributed by atoms with E-state index in [4.69, 9.17) is 15.7 Å². The molecular formula is C26H25N5O2. The van der Waals surface area contributed by atoms with Crippen molar-refractivity contribution in [2.24, 2.45) is 0 Å². The number of hydrogen-bond donors (Lipinski definition) is 2. The Bertz CT molecular complexity index is 1300. The van der Waals surface area contributed by atoms with Crippen LogP contribution >= 0.6 is 0 Å². The van der Waals surface area contributed by atoms with Crippen molar-refractivity contribution >= 4 is 16.9 Å². The topological polar surface area (TPSA) is 110 Å². The van der Waals surface area contributed by atoms with Gasteiger partial charge in [0.05, 0.1) is 23.5 Å². The van der Waals surface area contributed by atoms with E-state index in [0.29, 0.717) is 18.7 Å². The molecule has 2 aromatic carbocycles. The fraction of sp³-hybridized carbons (Fsp3) is 0.269. The molecular weight excluding hydrogens is 414 g/mol. The van der Waals surface area contributed by atoms with Crippen LogP contribution in [0, 0.1) is 11.3 Å². The monoisotopic (exact) mass is 439 g/mol. The second kappa shape index (κ2) is 8.57. The lowest BCUT2D eigenvalue weighted by molar-refractivity contribution is -0.00279. The number of ether oxygens (including phenoxy) is 1. The third-order valence-corrected chi connectivity index (χ3v) is 6.47. The third kappa shape index (κ3) is 4.13. The van der Waals surface area contributed by atoms with E-state index >= 15 is 0 Å². The Hall–Kier alpha value is -3.89. The number of rotatable bonds is 5. The molecule has 0 aliphatic heterocycles. The summed E-state index contributed by atoms with van der Waals surface area (Å²) in [5.41, 5.74) is 8.15. The van der Waals surface area contributed by atoms with Gasteiger partial charge in [-0.25, -0.2) is 9.97 Å². The first-order chi connectivity index (χ1) is 16.1. The summed E-state index contributed by atoms with van der Waals surface area (Å²) in [5.74, 6) is 1.98. The number of benzene rings is 2. The maximum absolute atomic E-state index is 10.6. The molecule has 0 spiro atoms. The average Bonchev–Trinajstić information content (AvgIpc) is 3.22. The van der Waals surface area contributed by atoms with Gasteiger partial charge in [0.15, 0.2) is 0 Å². The van der Waals surface area contributed by atoms with Crippen molar-refractivity contribution < 1.29 is 9.84 Å². The van der Waals surface area contributed by atoms with Gasteiger partial charge in [-0.3, -0.25) is 0 Å². The van der Waals surface area contributed by atoms with E-state index in [0.717, 1.165) is 46.5 Å². The van der Waals surface area contributed by atoms with Crippen LogP contribution in [0.1, 0.15) is 38.1 Å². The molecule has 1 saturated carbocycles. The molecule has 5 rings (SSSR count). The minimum atomic E-state index is -0.889. The Balaban J connectivity index is 1.46. The zero-order valence-electron chi connectivity index (χ0n) is 18.2. The third-order valence-electron chi connectivity index (χ3n) is 6.47. The number of aliphatic hydroxyl groups is 1. The van der Waals surface area contributed by atoms with E-state index in [1.54, 1.807) is 0 Å². The molecule has 4 aromatic rings. The minimum Gasteiger partial charge on any atom is -0.457 e. The molecule has 7 heteroatoms. The second-order valence-electron chi connectivity index (χ2n) is 8.64.